The van der Waals surface area contributed by atoms with Crippen LogP contribution in [0.3, 0.4) is 0 Å². The van der Waals surface area contributed by atoms with E-state index in [1.54, 1.807) is 12.1 Å². The van der Waals surface area contributed by atoms with Crippen molar-refractivity contribution >= 4 is 12.2 Å². The van der Waals surface area contributed by atoms with E-state index in [0.29, 0.717) is 5.56 Å². The van der Waals surface area contributed by atoms with E-state index in [-0.39, 0.29) is 5.91 Å². The molecule has 1 aromatic rings. The lowest BCUT2D eigenvalue weighted by atomic mass is 10.0. The molecule has 1 unspecified atom stereocenters. The highest BCUT2D eigenvalue weighted by Gasteiger charge is 2.44. The number of hydroxylamine groups is 1. The Morgan fingerprint density at radius 1 is 1.53 bits per heavy atom. The monoisotopic (exact) mass is 204 g/mol. The van der Waals surface area contributed by atoms with Gasteiger partial charge in [-0.25, -0.2) is 15.3 Å². The number of carbonyl (C=O) groups excluding carboxylic acids is 1. The van der Waals surface area contributed by atoms with Crippen LogP contribution in [0, 0.1) is 0 Å². The summed E-state index contributed by atoms with van der Waals surface area (Å²) in [4.78, 5) is 20.8. The van der Waals surface area contributed by atoms with E-state index < -0.39 is 5.72 Å². The van der Waals surface area contributed by atoms with E-state index in [1.807, 2.05) is 18.2 Å². The Bertz CT molecular complexity index is 391. The number of nitrogens with one attached hydrogen (secondary N) is 2. The Morgan fingerprint density at radius 3 is 2.80 bits per heavy atom. The van der Waals surface area contributed by atoms with Crippen LogP contribution in [0.25, 0.3) is 0 Å². The standard InChI is InChI=1S/C10H10N3O2/c1-11-9(14)10(12-7-13-15-10)8-5-3-2-4-6-8/h2-6H,1H3,(H,11,14)(H,12,13). The molecular weight excluding hydrogens is 194 g/mol. The lowest BCUT2D eigenvalue weighted by molar-refractivity contribution is -0.149. The van der Waals surface area contributed by atoms with Gasteiger partial charge in [0.2, 0.25) is 0 Å². The second-order valence-electron chi connectivity index (χ2n) is 3.02. The Hall–Kier alpha value is -1.88. The molecule has 5 nitrogen and oxygen atoms in total. The SMILES string of the molecule is CNC(=O)C1(c2ccccc2)N=[C]NO1. The van der Waals surface area contributed by atoms with Crippen LogP contribution >= 0.6 is 0 Å². The van der Waals surface area contributed by atoms with Crippen LogP contribution in [0.1, 0.15) is 5.56 Å². The zero-order valence-corrected chi connectivity index (χ0v) is 8.15. The number of benzene rings is 1. The number of amides is 1. The average Bonchev–Trinajstić information content (AvgIpc) is 2.79. The number of carbonyl (C=O) groups is 1. The van der Waals surface area contributed by atoms with Crippen molar-refractivity contribution < 1.29 is 9.63 Å². The molecule has 1 aliphatic heterocycles. The molecule has 1 amide bonds. The number of likely N-dealkylation sites (N-methyl/N-ethyl adjacent to an activating group) is 1. The molecule has 0 bridgehead atoms. The van der Waals surface area contributed by atoms with Crippen LogP contribution in [0.4, 0.5) is 0 Å². The minimum absolute atomic E-state index is 0.341. The minimum Gasteiger partial charge on any atom is -0.355 e. The molecule has 0 aromatic heterocycles. The van der Waals surface area contributed by atoms with Gasteiger partial charge in [0.25, 0.3) is 11.6 Å². The highest BCUT2D eigenvalue weighted by molar-refractivity contribution is 5.88. The van der Waals surface area contributed by atoms with Crippen LogP contribution in [0.5, 0.6) is 0 Å². The Kier molecular flexibility index (Phi) is 2.39. The van der Waals surface area contributed by atoms with E-state index in [9.17, 15) is 4.79 Å². The zero-order chi connectivity index (χ0) is 10.7. The van der Waals surface area contributed by atoms with Crippen molar-refractivity contribution in [2.24, 2.45) is 4.99 Å². The maximum absolute atomic E-state index is 11.7. The van der Waals surface area contributed by atoms with Gasteiger partial charge in [-0.3, -0.25) is 4.79 Å². The quantitative estimate of drug-likeness (QED) is 0.714. The summed E-state index contributed by atoms with van der Waals surface area (Å²) in [6, 6.07) is 9.03. The molecule has 0 saturated heterocycles. The van der Waals surface area contributed by atoms with Crippen LogP contribution < -0.4 is 10.8 Å². The Balaban J connectivity index is 2.44. The third-order valence-corrected chi connectivity index (χ3v) is 2.16. The molecular formula is C10H10N3O2. The summed E-state index contributed by atoms with van der Waals surface area (Å²) in [6.45, 7) is 0. The van der Waals surface area contributed by atoms with Crippen LogP contribution in [-0.4, -0.2) is 19.3 Å². The number of hydrogen-bond acceptors (Lipinski definition) is 4. The fourth-order valence-electron chi connectivity index (χ4n) is 1.41. The predicted molar refractivity (Wildman–Crippen MR) is 53.8 cm³/mol. The van der Waals surface area contributed by atoms with Gasteiger partial charge >= 0.3 is 0 Å². The molecule has 0 fully saturated rings. The van der Waals surface area contributed by atoms with Gasteiger partial charge in [-0.05, 0) is 0 Å². The third kappa shape index (κ3) is 1.46. The van der Waals surface area contributed by atoms with Gasteiger partial charge in [-0.15, -0.1) is 0 Å². The molecule has 15 heavy (non-hydrogen) atoms. The van der Waals surface area contributed by atoms with Crippen LogP contribution in [0.15, 0.2) is 35.3 Å². The molecule has 0 aliphatic carbocycles. The maximum atomic E-state index is 11.7. The summed E-state index contributed by atoms with van der Waals surface area (Å²) in [5.41, 5.74) is 1.65. The largest absolute Gasteiger partial charge is 0.355 e. The molecule has 1 aliphatic rings. The number of aliphatic imine (C=N–C) groups is 1. The van der Waals surface area contributed by atoms with E-state index in [4.69, 9.17) is 4.84 Å². The van der Waals surface area contributed by atoms with Gasteiger partial charge in [0, 0.05) is 12.6 Å². The highest BCUT2D eigenvalue weighted by Crippen LogP contribution is 2.28. The molecule has 2 rings (SSSR count). The molecule has 5 heteroatoms. The molecule has 1 aromatic carbocycles. The van der Waals surface area contributed by atoms with E-state index >= 15 is 0 Å². The second-order valence-corrected chi connectivity index (χ2v) is 3.02. The van der Waals surface area contributed by atoms with Crippen LogP contribution in [-0.2, 0) is 15.4 Å². The van der Waals surface area contributed by atoms with Crippen LogP contribution in [0.2, 0.25) is 0 Å². The molecule has 1 heterocycles. The van der Waals surface area contributed by atoms with E-state index in [2.05, 4.69) is 22.1 Å². The molecule has 1 atom stereocenters. The van der Waals surface area contributed by atoms with Gasteiger partial charge in [0.1, 0.15) is 0 Å². The fraction of sp³-hybridized carbons (Fsp3) is 0.200. The summed E-state index contributed by atoms with van der Waals surface area (Å²) < 4.78 is 0. The normalized spacial score (nSPS) is 23.5. The predicted octanol–water partition coefficient (Wildman–Crippen LogP) is 0.0255. The lowest BCUT2D eigenvalue weighted by Gasteiger charge is -2.22. The van der Waals surface area contributed by atoms with Gasteiger partial charge in [0.05, 0.1) is 0 Å². The summed E-state index contributed by atoms with van der Waals surface area (Å²) in [5, 5.41) is 2.51. The number of nitrogens with zero attached hydrogens (tertiary/aromatic N) is 1. The Morgan fingerprint density at radius 2 is 2.27 bits per heavy atom. The molecule has 77 valence electrons. The first-order valence-electron chi connectivity index (χ1n) is 4.47. The second kappa shape index (κ2) is 3.70. The fourth-order valence-corrected chi connectivity index (χ4v) is 1.41. The van der Waals surface area contributed by atoms with Gasteiger partial charge in [0.15, 0.2) is 6.34 Å². The minimum atomic E-state index is -1.35. The Labute approximate surface area is 87.1 Å². The molecule has 0 spiro atoms. The summed E-state index contributed by atoms with van der Waals surface area (Å²) in [6.07, 6.45) is 2.42. The van der Waals surface area contributed by atoms with E-state index in [1.165, 1.54) is 7.05 Å². The number of hydrogen-bond donors (Lipinski definition) is 2. The van der Waals surface area contributed by atoms with Crippen molar-refractivity contribution in [3.05, 3.63) is 35.9 Å². The summed E-state index contributed by atoms with van der Waals surface area (Å²) in [5.74, 6) is -0.341. The average molecular weight is 204 g/mol. The van der Waals surface area contributed by atoms with Crippen molar-refractivity contribution in [2.45, 2.75) is 5.72 Å². The lowest BCUT2D eigenvalue weighted by Crippen LogP contribution is -2.43. The first kappa shape index (κ1) is 9.67. The molecule has 0 saturated carbocycles. The highest BCUT2D eigenvalue weighted by atomic mass is 16.7. The molecule has 2 N–H and O–H groups in total. The van der Waals surface area contributed by atoms with Crippen molar-refractivity contribution in [3.63, 3.8) is 0 Å². The van der Waals surface area contributed by atoms with Gasteiger partial charge in [-0.2, -0.15) is 0 Å². The first-order chi connectivity index (χ1) is 7.29. The maximum Gasteiger partial charge on any atom is 0.291 e. The summed E-state index contributed by atoms with van der Waals surface area (Å²) in [7, 11) is 1.53. The zero-order valence-electron chi connectivity index (χ0n) is 8.15. The number of rotatable bonds is 2. The third-order valence-electron chi connectivity index (χ3n) is 2.16. The summed E-state index contributed by atoms with van der Waals surface area (Å²) >= 11 is 0. The topological polar surface area (TPSA) is 62.7 Å². The van der Waals surface area contributed by atoms with Crippen molar-refractivity contribution in [2.75, 3.05) is 7.05 Å². The van der Waals surface area contributed by atoms with Gasteiger partial charge in [-0.1, -0.05) is 30.3 Å². The smallest absolute Gasteiger partial charge is 0.291 e. The van der Waals surface area contributed by atoms with Crippen molar-refractivity contribution in [3.8, 4) is 0 Å². The molecule has 1 radical (unpaired) electrons. The van der Waals surface area contributed by atoms with Crippen molar-refractivity contribution in [1.29, 1.82) is 0 Å². The van der Waals surface area contributed by atoms with Gasteiger partial charge < -0.3 is 5.32 Å². The first-order valence-corrected chi connectivity index (χ1v) is 4.47. The van der Waals surface area contributed by atoms with E-state index in [0.717, 1.165) is 0 Å². The van der Waals surface area contributed by atoms with Crippen molar-refractivity contribution in [1.82, 2.24) is 10.8 Å².